The third-order valence-corrected chi connectivity index (χ3v) is 4.01. The molecule has 1 N–H and O–H groups in total. The number of aliphatic hydroxyl groups excluding tert-OH is 1. The van der Waals surface area contributed by atoms with Crippen molar-refractivity contribution in [3.05, 3.63) is 77.1 Å². The van der Waals surface area contributed by atoms with Crippen molar-refractivity contribution in [1.82, 2.24) is 0 Å². The SMILES string of the molecule is CC(=O)C1=C(O)C(=O)N(c2ccccc2)C1c1ccc(C)cc1. The van der Waals surface area contributed by atoms with Gasteiger partial charge in [-0.1, -0.05) is 48.0 Å². The maximum Gasteiger partial charge on any atom is 0.294 e. The molecule has 1 atom stereocenters. The van der Waals surface area contributed by atoms with E-state index < -0.39 is 17.7 Å². The summed E-state index contributed by atoms with van der Waals surface area (Å²) in [6.07, 6.45) is 0. The lowest BCUT2D eigenvalue weighted by atomic mass is 9.96. The molecule has 2 aromatic rings. The number of para-hydroxylation sites is 1. The van der Waals surface area contributed by atoms with Gasteiger partial charge in [0.15, 0.2) is 11.5 Å². The number of hydrogen-bond donors (Lipinski definition) is 1. The Labute approximate surface area is 134 Å². The summed E-state index contributed by atoms with van der Waals surface area (Å²) in [6.45, 7) is 3.34. The summed E-state index contributed by atoms with van der Waals surface area (Å²) in [6, 6.07) is 16.1. The van der Waals surface area contributed by atoms with E-state index in [-0.39, 0.29) is 11.4 Å². The number of aliphatic hydroxyl groups is 1. The summed E-state index contributed by atoms with van der Waals surface area (Å²) in [7, 11) is 0. The monoisotopic (exact) mass is 307 g/mol. The fraction of sp³-hybridized carbons (Fsp3) is 0.158. The van der Waals surface area contributed by atoms with Crippen LogP contribution >= 0.6 is 0 Å². The zero-order valence-corrected chi connectivity index (χ0v) is 13.0. The Bertz CT molecular complexity index is 791. The standard InChI is InChI=1S/C19H17NO3/c1-12-8-10-14(11-9-12)17-16(13(2)21)18(22)19(23)20(17)15-6-4-3-5-7-15/h3-11,17,22H,1-2H3. The van der Waals surface area contributed by atoms with Crippen LogP contribution in [-0.4, -0.2) is 16.8 Å². The number of nitrogens with zero attached hydrogens (tertiary/aromatic N) is 1. The second-order valence-electron chi connectivity index (χ2n) is 5.64. The average molecular weight is 307 g/mol. The van der Waals surface area contributed by atoms with Gasteiger partial charge in [0.25, 0.3) is 5.91 Å². The van der Waals surface area contributed by atoms with Gasteiger partial charge in [0.1, 0.15) is 0 Å². The van der Waals surface area contributed by atoms with Crippen molar-refractivity contribution in [3.8, 4) is 0 Å². The van der Waals surface area contributed by atoms with Crippen LogP contribution in [-0.2, 0) is 9.59 Å². The molecule has 0 aliphatic carbocycles. The van der Waals surface area contributed by atoms with Crippen LogP contribution in [0.3, 0.4) is 0 Å². The molecule has 23 heavy (non-hydrogen) atoms. The topological polar surface area (TPSA) is 57.6 Å². The fourth-order valence-corrected chi connectivity index (χ4v) is 2.88. The predicted molar refractivity (Wildman–Crippen MR) is 88.2 cm³/mol. The molecule has 1 unspecified atom stereocenters. The highest BCUT2D eigenvalue weighted by molar-refractivity contribution is 6.16. The number of anilines is 1. The molecule has 116 valence electrons. The van der Waals surface area contributed by atoms with Gasteiger partial charge in [0.05, 0.1) is 11.6 Å². The quantitative estimate of drug-likeness (QED) is 0.944. The Morgan fingerprint density at radius 2 is 1.65 bits per heavy atom. The minimum Gasteiger partial charge on any atom is -0.503 e. The maximum atomic E-state index is 12.5. The van der Waals surface area contributed by atoms with Crippen LogP contribution in [0.4, 0.5) is 5.69 Å². The van der Waals surface area contributed by atoms with Gasteiger partial charge in [0, 0.05) is 5.69 Å². The third kappa shape index (κ3) is 2.52. The lowest BCUT2D eigenvalue weighted by molar-refractivity contribution is -0.117. The Kier molecular flexibility index (Phi) is 3.74. The number of aryl methyl sites for hydroxylation is 1. The number of ketones is 1. The molecule has 1 aliphatic rings. The van der Waals surface area contributed by atoms with Gasteiger partial charge in [-0.05, 0) is 31.5 Å². The molecule has 0 saturated carbocycles. The number of amides is 1. The van der Waals surface area contributed by atoms with Gasteiger partial charge in [-0.25, -0.2) is 0 Å². The van der Waals surface area contributed by atoms with E-state index in [2.05, 4.69) is 0 Å². The first-order chi connectivity index (χ1) is 11.0. The molecule has 0 fully saturated rings. The summed E-state index contributed by atoms with van der Waals surface area (Å²) < 4.78 is 0. The van der Waals surface area contributed by atoms with E-state index in [1.165, 1.54) is 11.8 Å². The Balaban J connectivity index is 2.17. The first-order valence-corrected chi connectivity index (χ1v) is 7.40. The number of carbonyl (C=O) groups is 2. The normalized spacial score (nSPS) is 17.7. The predicted octanol–water partition coefficient (Wildman–Crippen LogP) is 3.48. The van der Waals surface area contributed by atoms with E-state index in [9.17, 15) is 14.7 Å². The maximum absolute atomic E-state index is 12.5. The van der Waals surface area contributed by atoms with Crippen molar-refractivity contribution in [1.29, 1.82) is 0 Å². The van der Waals surface area contributed by atoms with Gasteiger partial charge in [0.2, 0.25) is 0 Å². The second kappa shape index (κ2) is 5.72. The lowest BCUT2D eigenvalue weighted by Gasteiger charge is -2.26. The first-order valence-electron chi connectivity index (χ1n) is 7.40. The summed E-state index contributed by atoms with van der Waals surface area (Å²) in [4.78, 5) is 26.0. The second-order valence-corrected chi connectivity index (χ2v) is 5.64. The number of hydrogen-bond acceptors (Lipinski definition) is 3. The van der Waals surface area contributed by atoms with E-state index in [1.54, 1.807) is 12.1 Å². The molecule has 0 radical (unpaired) electrons. The van der Waals surface area contributed by atoms with Crippen molar-refractivity contribution in [2.24, 2.45) is 0 Å². The van der Waals surface area contributed by atoms with Crippen molar-refractivity contribution in [3.63, 3.8) is 0 Å². The smallest absolute Gasteiger partial charge is 0.294 e. The highest BCUT2D eigenvalue weighted by Crippen LogP contribution is 2.40. The molecule has 0 bridgehead atoms. The first kappa shape index (κ1) is 15.0. The Hall–Kier alpha value is -2.88. The largest absolute Gasteiger partial charge is 0.503 e. The fourth-order valence-electron chi connectivity index (χ4n) is 2.88. The van der Waals surface area contributed by atoms with Crippen LogP contribution in [0.5, 0.6) is 0 Å². The summed E-state index contributed by atoms with van der Waals surface area (Å²) >= 11 is 0. The van der Waals surface area contributed by atoms with Crippen LogP contribution in [0.2, 0.25) is 0 Å². The zero-order valence-electron chi connectivity index (χ0n) is 13.0. The molecule has 4 nitrogen and oxygen atoms in total. The van der Waals surface area contributed by atoms with Crippen molar-refractivity contribution in [2.45, 2.75) is 19.9 Å². The van der Waals surface area contributed by atoms with E-state index in [1.807, 2.05) is 49.4 Å². The average Bonchev–Trinajstić information content (AvgIpc) is 2.81. The van der Waals surface area contributed by atoms with Crippen molar-refractivity contribution in [2.75, 3.05) is 4.90 Å². The van der Waals surface area contributed by atoms with Crippen LogP contribution in [0, 0.1) is 6.92 Å². The molecular formula is C19H17NO3. The van der Waals surface area contributed by atoms with Crippen molar-refractivity contribution < 1.29 is 14.7 Å². The minimum atomic E-state index is -0.608. The number of carbonyl (C=O) groups excluding carboxylic acids is 2. The molecule has 4 heteroatoms. The third-order valence-electron chi connectivity index (χ3n) is 4.01. The summed E-state index contributed by atoms with van der Waals surface area (Å²) in [5.74, 6) is -1.32. The van der Waals surface area contributed by atoms with E-state index in [0.29, 0.717) is 5.69 Å². The van der Waals surface area contributed by atoms with Crippen LogP contribution < -0.4 is 4.90 Å². The molecular weight excluding hydrogens is 290 g/mol. The Morgan fingerprint density at radius 3 is 2.22 bits per heavy atom. The number of benzene rings is 2. The molecule has 0 saturated heterocycles. The van der Waals surface area contributed by atoms with Crippen LogP contribution in [0.15, 0.2) is 65.9 Å². The summed E-state index contributed by atoms with van der Waals surface area (Å²) in [5, 5.41) is 10.2. The van der Waals surface area contributed by atoms with E-state index in [4.69, 9.17) is 0 Å². The van der Waals surface area contributed by atoms with Crippen LogP contribution in [0.1, 0.15) is 24.1 Å². The van der Waals surface area contributed by atoms with Gasteiger partial charge in [-0.3, -0.25) is 14.5 Å². The summed E-state index contributed by atoms with van der Waals surface area (Å²) in [5.41, 5.74) is 2.66. The van der Waals surface area contributed by atoms with Gasteiger partial charge in [-0.15, -0.1) is 0 Å². The molecule has 1 heterocycles. The Morgan fingerprint density at radius 1 is 1.04 bits per heavy atom. The molecule has 1 aliphatic heterocycles. The molecule has 1 amide bonds. The van der Waals surface area contributed by atoms with Crippen LogP contribution in [0.25, 0.3) is 0 Å². The van der Waals surface area contributed by atoms with Gasteiger partial charge in [-0.2, -0.15) is 0 Å². The zero-order chi connectivity index (χ0) is 16.6. The van der Waals surface area contributed by atoms with Gasteiger partial charge < -0.3 is 5.11 Å². The van der Waals surface area contributed by atoms with E-state index >= 15 is 0 Å². The van der Waals surface area contributed by atoms with Gasteiger partial charge >= 0.3 is 0 Å². The number of Topliss-reactive ketones (excluding diaryl/α,β-unsaturated/α-hetero) is 1. The van der Waals surface area contributed by atoms with Crippen molar-refractivity contribution >= 4 is 17.4 Å². The number of rotatable bonds is 3. The minimum absolute atomic E-state index is 0.141. The molecule has 3 rings (SSSR count). The van der Waals surface area contributed by atoms with E-state index in [0.717, 1.165) is 11.1 Å². The molecule has 2 aromatic carbocycles. The highest BCUT2D eigenvalue weighted by atomic mass is 16.3. The highest BCUT2D eigenvalue weighted by Gasteiger charge is 2.43. The lowest BCUT2D eigenvalue weighted by Crippen LogP contribution is -2.30. The molecule has 0 spiro atoms. The molecule has 0 aromatic heterocycles.